The highest BCUT2D eigenvalue weighted by Crippen LogP contribution is 2.22. The van der Waals surface area contributed by atoms with Gasteiger partial charge < -0.3 is 4.57 Å². The van der Waals surface area contributed by atoms with Crippen LogP contribution in [0.15, 0.2) is 60.8 Å². The van der Waals surface area contributed by atoms with Gasteiger partial charge in [0.25, 0.3) is 0 Å². The first-order valence-corrected chi connectivity index (χ1v) is 9.43. The van der Waals surface area contributed by atoms with E-state index in [0.717, 1.165) is 22.7 Å². The molecule has 1 N–H and O–H groups in total. The van der Waals surface area contributed by atoms with Gasteiger partial charge in [-0.3, -0.25) is 4.79 Å². The number of carbonyl (C=O) groups excluding carboxylic acids is 1. The zero-order valence-corrected chi connectivity index (χ0v) is 14.1. The molecule has 0 aliphatic carbocycles. The van der Waals surface area contributed by atoms with Crippen LogP contribution in [0.1, 0.15) is 15.9 Å². The van der Waals surface area contributed by atoms with Crippen LogP contribution in [0.3, 0.4) is 0 Å². The standard InChI is InChI=1S/C18H18N2O3S/c1-24(22,23)19-11-18(21)16-13-20(12-14-7-3-2-4-8-14)17-10-6-5-9-15(16)17/h2-10,13,19H,11-12H2,1H3. The highest BCUT2D eigenvalue weighted by atomic mass is 32.2. The predicted molar refractivity (Wildman–Crippen MR) is 94.7 cm³/mol. The van der Waals surface area contributed by atoms with Gasteiger partial charge >= 0.3 is 0 Å². The molecule has 0 spiro atoms. The average molecular weight is 342 g/mol. The Bertz CT molecular complexity index is 976. The maximum absolute atomic E-state index is 12.4. The first-order chi connectivity index (χ1) is 11.4. The second-order valence-corrected chi connectivity index (χ2v) is 7.52. The number of para-hydroxylation sites is 1. The van der Waals surface area contributed by atoms with E-state index in [2.05, 4.69) is 4.72 Å². The van der Waals surface area contributed by atoms with Crippen molar-refractivity contribution in [2.45, 2.75) is 6.54 Å². The molecule has 2 aromatic carbocycles. The number of hydrogen-bond acceptors (Lipinski definition) is 3. The van der Waals surface area contributed by atoms with Gasteiger partial charge in [0.15, 0.2) is 5.78 Å². The van der Waals surface area contributed by atoms with E-state index in [1.807, 2.05) is 59.2 Å². The summed E-state index contributed by atoms with van der Waals surface area (Å²) in [5.74, 6) is -0.247. The summed E-state index contributed by atoms with van der Waals surface area (Å²) in [5, 5.41) is 0.828. The molecule has 3 aromatic rings. The minimum atomic E-state index is -3.40. The molecule has 24 heavy (non-hydrogen) atoms. The molecule has 0 bridgehead atoms. The molecule has 0 aliphatic heterocycles. The minimum absolute atomic E-state index is 0.238. The van der Waals surface area contributed by atoms with Crippen LogP contribution in [0.2, 0.25) is 0 Å². The highest BCUT2D eigenvalue weighted by molar-refractivity contribution is 7.88. The number of ketones is 1. The van der Waals surface area contributed by atoms with Crippen molar-refractivity contribution in [3.05, 3.63) is 71.9 Å². The fraction of sp³-hybridized carbons (Fsp3) is 0.167. The number of fused-ring (bicyclic) bond motifs is 1. The number of Topliss-reactive ketones (excluding diaryl/α,β-unsaturated/α-hetero) is 1. The van der Waals surface area contributed by atoms with Crippen molar-refractivity contribution < 1.29 is 13.2 Å². The number of hydrogen-bond donors (Lipinski definition) is 1. The lowest BCUT2D eigenvalue weighted by molar-refractivity contribution is 0.0998. The molecule has 0 saturated heterocycles. The number of nitrogens with zero attached hydrogens (tertiary/aromatic N) is 1. The largest absolute Gasteiger partial charge is 0.342 e. The molecular formula is C18H18N2O3S. The maximum Gasteiger partial charge on any atom is 0.209 e. The summed E-state index contributed by atoms with van der Waals surface area (Å²) in [6.07, 6.45) is 2.84. The molecule has 124 valence electrons. The van der Waals surface area contributed by atoms with Crippen LogP contribution in [-0.4, -0.2) is 31.6 Å². The Morgan fingerprint density at radius 2 is 1.71 bits per heavy atom. The van der Waals surface area contributed by atoms with Crippen molar-refractivity contribution in [3.63, 3.8) is 0 Å². The first-order valence-electron chi connectivity index (χ1n) is 7.54. The lowest BCUT2D eigenvalue weighted by Crippen LogP contribution is -2.28. The normalized spacial score (nSPS) is 11.7. The van der Waals surface area contributed by atoms with Crippen molar-refractivity contribution in [1.29, 1.82) is 0 Å². The van der Waals surface area contributed by atoms with Crippen molar-refractivity contribution >= 4 is 26.7 Å². The van der Waals surface area contributed by atoms with Gasteiger partial charge in [-0.05, 0) is 11.6 Å². The van der Waals surface area contributed by atoms with Gasteiger partial charge in [0.1, 0.15) is 0 Å². The van der Waals surface area contributed by atoms with Crippen LogP contribution >= 0.6 is 0 Å². The average Bonchev–Trinajstić information content (AvgIpc) is 2.92. The highest BCUT2D eigenvalue weighted by Gasteiger charge is 2.16. The number of carbonyl (C=O) groups is 1. The molecule has 0 unspecified atom stereocenters. The summed E-state index contributed by atoms with van der Waals surface area (Å²) in [6.45, 7) is 0.409. The Kier molecular flexibility index (Phi) is 4.51. The molecule has 0 saturated carbocycles. The fourth-order valence-electron chi connectivity index (χ4n) is 2.67. The zero-order chi connectivity index (χ0) is 17.2. The summed E-state index contributed by atoms with van der Waals surface area (Å²) in [6, 6.07) is 17.6. The number of aromatic nitrogens is 1. The van der Waals surface area contributed by atoms with E-state index in [0.29, 0.717) is 12.1 Å². The van der Waals surface area contributed by atoms with Crippen LogP contribution in [0.5, 0.6) is 0 Å². The van der Waals surface area contributed by atoms with Gasteiger partial charge in [0, 0.05) is 29.2 Å². The Hall–Kier alpha value is -2.44. The van der Waals surface area contributed by atoms with Crippen LogP contribution < -0.4 is 4.72 Å². The van der Waals surface area contributed by atoms with Crippen LogP contribution in [0.25, 0.3) is 10.9 Å². The van der Waals surface area contributed by atoms with Crippen molar-refractivity contribution in [2.24, 2.45) is 0 Å². The molecule has 1 heterocycles. The molecule has 0 radical (unpaired) electrons. The zero-order valence-electron chi connectivity index (χ0n) is 13.3. The summed E-state index contributed by atoms with van der Waals surface area (Å²) < 4.78 is 26.7. The number of rotatable bonds is 6. The van der Waals surface area contributed by atoms with Gasteiger partial charge in [-0.25, -0.2) is 13.1 Å². The molecule has 0 amide bonds. The monoisotopic (exact) mass is 342 g/mol. The summed E-state index contributed by atoms with van der Waals surface area (Å²) in [7, 11) is -3.40. The molecule has 1 aromatic heterocycles. The smallest absolute Gasteiger partial charge is 0.209 e. The van der Waals surface area contributed by atoms with Gasteiger partial charge in [-0.15, -0.1) is 0 Å². The lowest BCUT2D eigenvalue weighted by atomic mass is 10.1. The van der Waals surface area contributed by atoms with E-state index in [1.165, 1.54) is 0 Å². The molecule has 5 nitrogen and oxygen atoms in total. The molecule has 3 rings (SSSR count). The predicted octanol–water partition coefficient (Wildman–Crippen LogP) is 2.42. The Morgan fingerprint density at radius 1 is 1.04 bits per heavy atom. The van der Waals surface area contributed by atoms with Gasteiger partial charge in [0.05, 0.1) is 12.8 Å². The van der Waals surface area contributed by atoms with E-state index >= 15 is 0 Å². The number of benzene rings is 2. The molecule has 6 heteroatoms. The van der Waals surface area contributed by atoms with Crippen LogP contribution in [-0.2, 0) is 16.6 Å². The van der Waals surface area contributed by atoms with Crippen molar-refractivity contribution in [3.8, 4) is 0 Å². The SMILES string of the molecule is CS(=O)(=O)NCC(=O)c1cn(Cc2ccccc2)c2ccccc12. The third kappa shape index (κ3) is 3.72. The van der Waals surface area contributed by atoms with Gasteiger partial charge in [-0.2, -0.15) is 0 Å². The van der Waals surface area contributed by atoms with Crippen molar-refractivity contribution in [1.82, 2.24) is 9.29 Å². The Balaban J connectivity index is 1.96. The third-order valence-electron chi connectivity index (χ3n) is 3.78. The minimum Gasteiger partial charge on any atom is -0.342 e. The summed E-state index contributed by atoms with van der Waals surface area (Å²) >= 11 is 0. The second kappa shape index (κ2) is 6.59. The second-order valence-electron chi connectivity index (χ2n) is 5.69. The third-order valence-corrected chi connectivity index (χ3v) is 4.45. The van der Waals surface area contributed by atoms with Gasteiger partial charge in [-0.1, -0.05) is 48.5 Å². The van der Waals surface area contributed by atoms with E-state index < -0.39 is 10.0 Å². The van der Waals surface area contributed by atoms with E-state index in [-0.39, 0.29) is 12.3 Å². The van der Waals surface area contributed by atoms with Crippen molar-refractivity contribution in [2.75, 3.05) is 12.8 Å². The van der Waals surface area contributed by atoms with E-state index in [9.17, 15) is 13.2 Å². The molecule has 0 fully saturated rings. The lowest BCUT2D eigenvalue weighted by Gasteiger charge is -2.05. The summed E-state index contributed by atoms with van der Waals surface area (Å²) in [4.78, 5) is 12.4. The fourth-order valence-corrected chi connectivity index (χ4v) is 3.07. The Labute approximate surface area is 141 Å². The maximum atomic E-state index is 12.4. The number of sulfonamides is 1. The first kappa shape index (κ1) is 16.4. The van der Waals surface area contributed by atoms with E-state index in [4.69, 9.17) is 0 Å². The van der Waals surface area contributed by atoms with Gasteiger partial charge in [0.2, 0.25) is 10.0 Å². The number of nitrogens with one attached hydrogen (secondary N) is 1. The molecule has 0 atom stereocenters. The van der Waals surface area contributed by atoms with E-state index in [1.54, 1.807) is 6.20 Å². The van der Waals surface area contributed by atoms with Crippen LogP contribution in [0.4, 0.5) is 0 Å². The Morgan fingerprint density at radius 3 is 2.42 bits per heavy atom. The summed E-state index contributed by atoms with van der Waals surface area (Å²) in [5.41, 5.74) is 2.60. The quantitative estimate of drug-likeness (QED) is 0.700. The molecule has 0 aliphatic rings. The topological polar surface area (TPSA) is 68.2 Å². The molecular weight excluding hydrogens is 324 g/mol. The van der Waals surface area contributed by atoms with Crippen LogP contribution in [0, 0.1) is 0 Å².